The van der Waals surface area contributed by atoms with Crippen molar-refractivity contribution in [1.82, 2.24) is 10.2 Å². The monoisotopic (exact) mass is 358 g/mol. The molecule has 2 aromatic carbocycles. The van der Waals surface area contributed by atoms with E-state index in [0.29, 0.717) is 6.42 Å². The molecule has 2 aromatic rings. The van der Waals surface area contributed by atoms with Gasteiger partial charge in [0, 0.05) is 24.6 Å². The van der Waals surface area contributed by atoms with Gasteiger partial charge in [-0.25, -0.2) is 8.78 Å². The lowest BCUT2D eigenvalue weighted by Gasteiger charge is -2.25. The van der Waals surface area contributed by atoms with Gasteiger partial charge in [0.1, 0.15) is 11.6 Å². The van der Waals surface area contributed by atoms with Gasteiger partial charge in [0.2, 0.25) is 5.91 Å². The fourth-order valence-electron chi connectivity index (χ4n) is 3.49. The number of nitrogens with one attached hydrogen (secondary N) is 1. The number of hydrogen-bond donors (Lipinski definition) is 1. The third-order valence-electron chi connectivity index (χ3n) is 4.91. The van der Waals surface area contributed by atoms with Gasteiger partial charge < -0.3 is 10.2 Å². The molecule has 5 heteroatoms. The Bertz CT molecular complexity index is 758. The minimum absolute atomic E-state index is 0.000112. The van der Waals surface area contributed by atoms with Crippen LogP contribution in [0.15, 0.2) is 42.5 Å². The Morgan fingerprint density at radius 3 is 2.62 bits per heavy atom. The van der Waals surface area contributed by atoms with Crippen molar-refractivity contribution in [2.24, 2.45) is 0 Å². The van der Waals surface area contributed by atoms with E-state index in [0.717, 1.165) is 25.9 Å². The van der Waals surface area contributed by atoms with E-state index in [4.69, 9.17) is 0 Å². The fraction of sp³-hybridized carbons (Fsp3) is 0.381. The molecule has 1 aliphatic heterocycles. The first-order valence-electron chi connectivity index (χ1n) is 9.03. The van der Waals surface area contributed by atoms with Gasteiger partial charge in [0.05, 0.1) is 6.54 Å². The van der Waals surface area contributed by atoms with Gasteiger partial charge in [-0.05, 0) is 44.0 Å². The maximum atomic E-state index is 13.9. The van der Waals surface area contributed by atoms with Crippen molar-refractivity contribution in [3.63, 3.8) is 0 Å². The van der Waals surface area contributed by atoms with Crippen LogP contribution in [0, 0.1) is 18.6 Å². The maximum absolute atomic E-state index is 13.9. The van der Waals surface area contributed by atoms with Crippen LogP contribution in [0.25, 0.3) is 0 Å². The third kappa shape index (κ3) is 4.47. The van der Waals surface area contributed by atoms with Crippen LogP contribution in [0.3, 0.4) is 0 Å². The molecule has 138 valence electrons. The molecule has 0 unspecified atom stereocenters. The van der Waals surface area contributed by atoms with E-state index >= 15 is 0 Å². The maximum Gasteiger partial charge on any atom is 0.223 e. The molecular formula is C21H24F2N2O. The molecule has 3 nitrogen and oxygen atoms in total. The number of benzene rings is 2. The Balaban J connectivity index is 1.54. The van der Waals surface area contributed by atoms with E-state index in [1.54, 1.807) is 4.90 Å². The molecule has 1 atom stereocenters. The van der Waals surface area contributed by atoms with Gasteiger partial charge in [0.15, 0.2) is 0 Å². The molecule has 1 heterocycles. The van der Waals surface area contributed by atoms with Crippen molar-refractivity contribution in [2.75, 3.05) is 6.54 Å². The normalized spacial score (nSPS) is 17.1. The zero-order chi connectivity index (χ0) is 18.5. The predicted octanol–water partition coefficient (Wildman–Crippen LogP) is 3.94. The average molecular weight is 358 g/mol. The molecule has 0 aliphatic carbocycles. The third-order valence-corrected chi connectivity index (χ3v) is 4.91. The molecule has 1 amide bonds. The summed E-state index contributed by atoms with van der Waals surface area (Å²) in [6, 6.07) is 12.1. The Morgan fingerprint density at radius 2 is 1.88 bits per heavy atom. The molecule has 0 spiro atoms. The van der Waals surface area contributed by atoms with Gasteiger partial charge in [-0.3, -0.25) is 4.79 Å². The van der Waals surface area contributed by atoms with Crippen molar-refractivity contribution in [2.45, 2.75) is 45.3 Å². The summed E-state index contributed by atoms with van der Waals surface area (Å²) in [7, 11) is 0. The number of carbonyl (C=O) groups excluding carboxylic acids is 1. The molecule has 0 aromatic heterocycles. The van der Waals surface area contributed by atoms with E-state index in [1.165, 1.54) is 29.3 Å². The highest BCUT2D eigenvalue weighted by Gasteiger charge is 2.31. The van der Waals surface area contributed by atoms with E-state index in [1.807, 2.05) is 6.07 Å². The Morgan fingerprint density at radius 1 is 1.15 bits per heavy atom. The van der Waals surface area contributed by atoms with E-state index in [-0.39, 0.29) is 24.1 Å². The number of rotatable bonds is 7. The van der Waals surface area contributed by atoms with Crippen LogP contribution in [0.1, 0.15) is 36.0 Å². The van der Waals surface area contributed by atoms with Gasteiger partial charge >= 0.3 is 0 Å². The van der Waals surface area contributed by atoms with Crippen molar-refractivity contribution >= 4 is 5.91 Å². The second kappa shape index (κ2) is 8.41. The average Bonchev–Trinajstić information content (AvgIpc) is 2.95. The summed E-state index contributed by atoms with van der Waals surface area (Å²) in [6.07, 6.45) is 1.95. The Kier molecular flexibility index (Phi) is 5.99. The standard InChI is InChI=1S/C21H24F2N2O/c1-15-4-2-5-16(12-15)13-24-11-10-17-8-9-21(26)25(17)14-18-19(22)6-3-7-20(18)23/h2-7,12,17,24H,8-11,13-14H2,1H3/t17-/m0/s1. The van der Waals surface area contributed by atoms with Crippen LogP contribution < -0.4 is 5.32 Å². The first-order chi connectivity index (χ1) is 12.5. The number of amides is 1. The molecule has 0 radical (unpaired) electrons. The number of halogens is 2. The van der Waals surface area contributed by atoms with E-state index in [2.05, 4.69) is 30.4 Å². The summed E-state index contributed by atoms with van der Waals surface area (Å²) in [4.78, 5) is 13.8. The Hall–Kier alpha value is -2.27. The molecule has 0 saturated carbocycles. The summed E-state index contributed by atoms with van der Waals surface area (Å²) < 4.78 is 27.8. The minimum Gasteiger partial charge on any atom is -0.335 e. The van der Waals surface area contributed by atoms with Crippen LogP contribution >= 0.6 is 0 Å². The molecule has 1 N–H and O–H groups in total. The van der Waals surface area contributed by atoms with E-state index in [9.17, 15) is 13.6 Å². The molecule has 1 saturated heterocycles. The second-order valence-electron chi connectivity index (χ2n) is 6.87. The highest BCUT2D eigenvalue weighted by molar-refractivity contribution is 5.78. The molecule has 1 fully saturated rings. The molecular weight excluding hydrogens is 334 g/mol. The second-order valence-corrected chi connectivity index (χ2v) is 6.87. The number of carbonyl (C=O) groups is 1. The molecule has 0 bridgehead atoms. The van der Waals surface area contributed by atoms with Crippen LogP contribution in [-0.2, 0) is 17.9 Å². The molecule has 26 heavy (non-hydrogen) atoms. The quantitative estimate of drug-likeness (QED) is 0.760. The lowest BCUT2D eigenvalue weighted by atomic mass is 10.1. The molecule has 1 aliphatic rings. The van der Waals surface area contributed by atoms with Gasteiger partial charge in [0.25, 0.3) is 0 Å². The van der Waals surface area contributed by atoms with Crippen molar-refractivity contribution in [3.8, 4) is 0 Å². The number of aryl methyl sites for hydroxylation is 1. The zero-order valence-corrected chi connectivity index (χ0v) is 15.0. The van der Waals surface area contributed by atoms with Gasteiger partial charge in [-0.1, -0.05) is 35.9 Å². The summed E-state index contributed by atoms with van der Waals surface area (Å²) in [6.45, 7) is 3.58. The van der Waals surface area contributed by atoms with Gasteiger partial charge in [-0.2, -0.15) is 0 Å². The SMILES string of the molecule is Cc1cccc(CNCC[C@@H]2CCC(=O)N2Cc2c(F)cccc2F)c1. The van der Waals surface area contributed by atoms with Crippen LogP contribution in [0.5, 0.6) is 0 Å². The first kappa shape index (κ1) is 18.5. The van der Waals surface area contributed by atoms with Crippen molar-refractivity contribution in [1.29, 1.82) is 0 Å². The van der Waals surface area contributed by atoms with Crippen molar-refractivity contribution < 1.29 is 13.6 Å². The summed E-state index contributed by atoms with van der Waals surface area (Å²) >= 11 is 0. The van der Waals surface area contributed by atoms with E-state index < -0.39 is 11.6 Å². The summed E-state index contributed by atoms with van der Waals surface area (Å²) in [5, 5.41) is 3.39. The summed E-state index contributed by atoms with van der Waals surface area (Å²) in [5.74, 6) is -1.22. The van der Waals surface area contributed by atoms with Gasteiger partial charge in [-0.15, -0.1) is 0 Å². The molecule has 3 rings (SSSR count). The van der Waals surface area contributed by atoms with Crippen molar-refractivity contribution in [3.05, 3.63) is 70.8 Å². The minimum atomic E-state index is -0.596. The predicted molar refractivity (Wildman–Crippen MR) is 97.4 cm³/mol. The fourth-order valence-corrected chi connectivity index (χ4v) is 3.49. The lowest BCUT2D eigenvalue weighted by molar-refractivity contribution is -0.129. The lowest BCUT2D eigenvalue weighted by Crippen LogP contribution is -2.35. The largest absolute Gasteiger partial charge is 0.335 e. The number of nitrogens with zero attached hydrogens (tertiary/aromatic N) is 1. The smallest absolute Gasteiger partial charge is 0.223 e. The Labute approximate surface area is 153 Å². The first-order valence-corrected chi connectivity index (χ1v) is 9.03. The highest BCUT2D eigenvalue weighted by Crippen LogP contribution is 2.25. The van der Waals surface area contributed by atoms with Crippen LogP contribution in [-0.4, -0.2) is 23.4 Å². The highest BCUT2D eigenvalue weighted by atomic mass is 19.1. The van der Waals surface area contributed by atoms with Crippen LogP contribution in [0.4, 0.5) is 8.78 Å². The topological polar surface area (TPSA) is 32.3 Å². The summed E-state index contributed by atoms with van der Waals surface area (Å²) in [5.41, 5.74) is 2.42. The number of hydrogen-bond acceptors (Lipinski definition) is 2. The zero-order valence-electron chi connectivity index (χ0n) is 15.0. The van der Waals surface area contributed by atoms with Crippen LogP contribution in [0.2, 0.25) is 0 Å². The number of likely N-dealkylation sites (tertiary alicyclic amines) is 1.